The number of hydrogen-bond donors (Lipinski definition) is 2. The summed E-state index contributed by atoms with van der Waals surface area (Å²) in [7, 11) is 0. The number of carboxylic acids is 1. The summed E-state index contributed by atoms with van der Waals surface area (Å²) in [5.41, 5.74) is 1.42. The quantitative estimate of drug-likeness (QED) is 0.324. The van der Waals surface area contributed by atoms with Crippen LogP contribution in [-0.2, 0) is 22.7 Å². The van der Waals surface area contributed by atoms with Gasteiger partial charge in [-0.2, -0.15) is 5.26 Å². The summed E-state index contributed by atoms with van der Waals surface area (Å²) in [6.45, 7) is 4.50. The van der Waals surface area contributed by atoms with E-state index >= 15 is 0 Å². The fourth-order valence-electron chi connectivity index (χ4n) is 3.82. The Balaban J connectivity index is 2.08. The standard InChI is InChI=1S/C25H25ClN4O4S2/c1-3-10-29-22(28-14-16-7-4-5-8-19(16)26)17(15(2)18(13-27)23(29)33)12-20-24(34)30(25(35)36-20)11-6-9-21(31)32/h4-5,7-8,12,28H,3,6,9-11,14H2,1-2H3,(H,31,32)/b20-12+. The minimum atomic E-state index is -0.942. The monoisotopic (exact) mass is 544 g/mol. The number of aromatic nitrogens is 1. The van der Waals surface area contributed by atoms with Crippen molar-refractivity contribution in [3.63, 3.8) is 0 Å². The predicted molar refractivity (Wildman–Crippen MR) is 146 cm³/mol. The Hall–Kier alpha value is -3.13. The number of amides is 1. The van der Waals surface area contributed by atoms with E-state index in [1.807, 2.05) is 31.2 Å². The molecule has 2 N–H and O–H groups in total. The fraction of sp³-hybridized carbons (Fsp3) is 0.320. The van der Waals surface area contributed by atoms with Crippen molar-refractivity contribution < 1.29 is 14.7 Å². The summed E-state index contributed by atoms with van der Waals surface area (Å²) < 4.78 is 1.85. The number of thioether (sulfide) groups is 1. The molecule has 188 valence electrons. The molecule has 1 aromatic heterocycles. The van der Waals surface area contributed by atoms with Crippen LogP contribution in [0.1, 0.15) is 48.4 Å². The van der Waals surface area contributed by atoms with Gasteiger partial charge in [0.1, 0.15) is 21.8 Å². The maximum Gasteiger partial charge on any atom is 0.303 e. The van der Waals surface area contributed by atoms with Crippen LogP contribution in [-0.4, -0.2) is 37.3 Å². The number of halogens is 1. The third-order valence-corrected chi connectivity index (χ3v) is 7.39. The highest BCUT2D eigenvalue weighted by Crippen LogP contribution is 2.35. The zero-order chi connectivity index (χ0) is 26.4. The molecule has 0 atom stereocenters. The fourth-order valence-corrected chi connectivity index (χ4v) is 5.32. The van der Waals surface area contributed by atoms with Gasteiger partial charge in [-0.3, -0.25) is 23.9 Å². The Morgan fingerprint density at radius 2 is 2.03 bits per heavy atom. The first-order valence-electron chi connectivity index (χ1n) is 11.3. The second-order valence-corrected chi connectivity index (χ2v) is 10.2. The van der Waals surface area contributed by atoms with Crippen LogP contribution in [0.5, 0.6) is 0 Å². The third-order valence-electron chi connectivity index (χ3n) is 5.65. The van der Waals surface area contributed by atoms with E-state index in [1.54, 1.807) is 19.1 Å². The summed E-state index contributed by atoms with van der Waals surface area (Å²) in [6.07, 6.45) is 2.50. The molecule has 1 aliphatic heterocycles. The molecule has 1 saturated heterocycles. The van der Waals surface area contributed by atoms with Crippen molar-refractivity contribution in [2.45, 2.75) is 46.2 Å². The number of carbonyl (C=O) groups is 2. The molecule has 8 nitrogen and oxygen atoms in total. The van der Waals surface area contributed by atoms with Gasteiger partial charge in [0.05, 0.1) is 4.91 Å². The van der Waals surface area contributed by atoms with Gasteiger partial charge >= 0.3 is 5.97 Å². The van der Waals surface area contributed by atoms with Crippen molar-refractivity contribution in [2.75, 3.05) is 11.9 Å². The number of carboxylic acid groups (broad SMARTS) is 1. The Morgan fingerprint density at radius 1 is 1.31 bits per heavy atom. The Morgan fingerprint density at radius 3 is 2.67 bits per heavy atom. The number of carbonyl (C=O) groups excluding carboxylic acids is 1. The third kappa shape index (κ3) is 5.98. The predicted octanol–water partition coefficient (Wildman–Crippen LogP) is 4.77. The molecular formula is C25H25ClN4O4S2. The van der Waals surface area contributed by atoms with Crippen molar-refractivity contribution in [1.82, 2.24) is 9.47 Å². The van der Waals surface area contributed by atoms with E-state index in [1.165, 1.54) is 9.47 Å². The van der Waals surface area contributed by atoms with Gasteiger partial charge in [0.15, 0.2) is 0 Å². The molecule has 0 radical (unpaired) electrons. The number of thiocarbonyl (C=S) groups is 1. The van der Waals surface area contributed by atoms with Gasteiger partial charge in [0, 0.05) is 36.6 Å². The molecule has 1 aliphatic rings. The van der Waals surface area contributed by atoms with Gasteiger partial charge in [-0.1, -0.05) is 60.7 Å². The number of aliphatic carboxylic acids is 1. The van der Waals surface area contributed by atoms with Crippen LogP contribution in [0, 0.1) is 18.3 Å². The van der Waals surface area contributed by atoms with Gasteiger partial charge in [-0.25, -0.2) is 0 Å². The summed E-state index contributed by atoms with van der Waals surface area (Å²) in [5, 5.41) is 22.5. The van der Waals surface area contributed by atoms with Crippen LogP contribution in [0.2, 0.25) is 5.02 Å². The summed E-state index contributed by atoms with van der Waals surface area (Å²) >= 11 is 12.8. The maximum atomic E-state index is 13.1. The maximum absolute atomic E-state index is 13.1. The van der Waals surface area contributed by atoms with Crippen LogP contribution in [0.25, 0.3) is 6.08 Å². The summed E-state index contributed by atoms with van der Waals surface area (Å²) in [4.78, 5) is 38.8. The van der Waals surface area contributed by atoms with Crippen molar-refractivity contribution in [2.24, 2.45) is 0 Å². The van der Waals surface area contributed by atoms with Gasteiger partial charge in [0.2, 0.25) is 0 Å². The van der Waals surface area contributed by atoms with Crippen molar-refractivity contribution in [1.29, 1.82) is 5.26 Å². The number of hydrogen-bond acceptors (Lipinski definition) is 7. The second kappa shape index (κ2) is 12.2. The number of pyridine rings is 1. The zero-order valence-corrected chi connectivity index (χ0v) is 22.2. The lowest BCUT2D eigenvalue weighted by atomic mass is 10.0. The Labute approximate surface area is 223 Å². The molecule has 1 fully saturated rings. The number of nitriles is 1. The first-order chi connectivity index (χ1) is 17.2. The highest BCUT2D eigenvalue weighted by Gasteiger charge is 2.32. The molecule has 11 heteroatoms. The Bertz CT molecular complexity index is 1350. The van der Waals surface area contributed by atoms with Gasteiger partial charge in [-0.05, 0) is 43.0 Å². The minimum Gasteiger partial charge on any atom is -0.481 e. The number of benzene rings is 1. The largest absolute Gasteiger partial charge is 0.481 e. The molecule has 2 heterocycles. The molecule has 36 heavy (non-hydrogen) atoms. The van der Waals surface area contributed by atoms with E-state index in [9.17, 15) is 19.6 Å². The molecule has 0 bridgehead atoms. The molecule has 0 saturated carbocycles. The van der Waals surface area contributed by atoms with Crippen LogP contribution in [0.4, 0.5) is 5.82 Å². The number of nitrogens with zero attached hydrogens (tertiary/aromatic N) is 3. The smallest absolute Gasteiger partial charge is 0.303 e. The number of rotatable bonds is 10. The van der Waals surface area contributed by atoms with Crippen LogP contribution in [0.15, 0.2) is 34.0 Å². The van der Waals surface area contributed by atoms with E-state index in [-0.39, 0.29) is 30.9 Å². The summed E-state index contributed by atoms with van der Waals surface area (Å²) in [6, 6.07) is 9.35. The second-order valence-electron chi connectivity index (χ2n) is 8.11. The molecular weight excluding hydrogens is 520 g/mol. The highest BCUT2D eigenvalue weighted by molar-refractivity contribution is 8.26. The van der Waals surface area contributed by atoms with E-state index < -0.39 is 11.5 Å². The highest BCUT2D eigenvalue weighted by atomic mass is 35.5. The normalized spacial score (nSPS) is 14.4. The minimum absolute atomic E-state index is 0.00919. The van der Waals surface area contributed by atoms with Crippen molar-refractivity contribution in [3.8, 4) is 6.07 Å². The molecule has 0 unspecified atom stereocenters. The molecule has 0 aliphatic carbocycles. The summed E-state index contributed by atoms with van der Waals surface area (Å²) in [5.74, 6) is -0.795. The van der Waals surface area contributed by atoms with Gasteiger partial charge in [-0.15, -0.1) is 0 Å². The van der Waals surface area contributed by atoms with E-state index in [4.69, 9.17) is 28.9 Å². The van der Waals surface area contributed by atoms with Crippen LogP contribution >= 0.6 is 35.6 Å². The number of anilines is 1. The average molecular weight is 545 g/mol. The lowest BCUT2D eigenvalue weighted by Gasteiger charge is -2.20. The topological polar surface area (TPSA) is 115 Å². The SMILES string of the molecule is CCCn1c(NCc2ccccc2Cl)c(/C=C2/SC(=S)N(CCCC(=O)O)C2=O)c(C)c(C#N)c1=O. The first-order valence-corrected chi connectivity index (χ1v) is 12.9. The van der Waals surface area contributed by atoms with E-state index in [2.05, 4.69) is 5.32 Å². The van der Waals surface area contributed by atoms with E-state index in [0.29, 0.717) is 50.7 Å². The lowest BCUT2D eigenvalue weighted by Crippen LogP contribution is -2.29. The van der Waals surface area contributed by atoms with Crippen LogP contribution < -0.4 is 10.9 Å². The molecule has 3 rings (SSSR count). The number of nitrogens with one attached hydrogen (secondary N) is 1. The zero-order valence-electron chi connectivity index (χ0n) is 19.8. The van der Waals surface area contributed by atoms with Crippen molar-refractivity contribution >= 4 is 63.7 Å². The molecule has 0 spiro atoms. The van der Waals surface area contributed by atoms with Gasteiger partial charge < -0.3 is 10.4 Å². The van der Waals surface area contributed by atoms with Crippen molar-refractivity contribution in [3.05, 3.63) is 66.8 Å². The lowest BCUT2D eigenvalue weighted by molar-refractivity contribution is -0.137. The average Bonchev–Trinajstić information content (AvgIpc) is 3.10. The first kappa shape index (κ1) is 27.5. The van der Waals surface area contributed by atoms with Gasteiger partial charge in [0.25, 0.3) is 11.5 Å². The van der Waals surface area contributed by atoms with E-state index in [0.717, 1.165) is 17.3 Å². The molecule has 1 aromatic carbocycles. The molecule has 1 amide bonds. The Kier molecular flexibility index (Phi) is 9.31. The van der Waals surface area contributed by atoms with Crippen LogP contribution in [0.3, 0.4) is 0 Å². The molecule has 2 aromatic rings.